The zero-order valence-electron chi connectivity index (χ0n) is 8.41. The molecule has 0 aromatic heterocycles. The average Bonchev–Trinajstić information content (AvgIpc) is 2.70. The number of hydrogen-bond acceptors (Lipinski definition) is 2. The number of carbonyl (C=O) groups is 1. The minimum absolute atomic E-state index is 0.0357. The maximum Gasteiger partial charge on any atom is 0.321 e. The lowest BCUT2D eigenvalue weighted by Crippen LogP contribution is -2.34. The van der Waals surface area contributed by atoms with Gasteiger partial charge in [-0.3, -0.25) is 4.79 Å². The van der Waals surface area contributed by atoms with Crippen molar-refractivity contribution in [1.82, 2.24) is 5.32 Å². The first-order chi connectivity index (χ1) is 7.61. The van der Waals surface area contributed by atoms with Crippen LogP contribution in [0.3, 0.4) is 0 Å². The van der Waals surface area contributed by atoms with E-state index >= 15 is 0 Å². The van der Waals surface area contributed by atoms with Gasteiger partial charge in [0.2, 0.25) is 0 Å². The molecular weight excluding hydrogens is 233 g/mol. The van der Waals surface area contributed by atoms with E-state index < -0.39 is 17.8 Å². The van der Waals surface area contributed by atoms with E-state index in [0.29, 0.717) is 18.5 Å². The SMILES string of the molecule is O=C(O)C1NCCC1c1cccc(Cl)c1F. The molecule has 1 aliphatic rings. The largest absolute Gasteiger partial charge is 0.480 e. The molecule has 5 heteroatoms. The minimum Gasteiger partial charge on any atom is -0.480 e. The van der Waals surface area contributed by atoms with E-state index in [-0.39, 0.29) is 10.9 Å². The van der Waals surface area contributed by atoms with Crippen LogP contribution in [0.1, 0.15) is 17.9 Å². The Kier molecular flexibility index (Phi) is 3.12. The fraction of sp³-hybridized carbons (Fsp3) is 0.364. The Balaban J connectivity index is 2.36. The van der Waals surface area contributed by atoms with E-state index in [0.717, 1.165) is 0 Å². The van der Waals surface area contributed by atoms with Gasteiger partial charge >= 0.3 is 5.97 Å². The molecule has 0 saturated carbocycles. The Morgan fingerprint density at radius 3 is 3.00 bits per heavy atom. The predicted octanol–water partition coefficient (Wildman–Crippen LogP) is 2.01. The number of halogens is 2. The monoisotopic (exact) mass is 243 g/mol. The fourth-order valence-electron chi connectivity index (χ4n) is 2.10. The molecule has 1 aliphatic heterocycles. The van der Waals surface area contributed by atoms with Crippen LogP contribution in [0.2, 0.25) is 5.02 Å². The quantitative estimate of drug-likeness (QED) is 0.836. The summed E-state index contributed by atoms with van der Waals surface area (Å²) >= 11 is 5.68. The Hall–Kier alpha value is -1.13. The number of rotatable bonds is 2. The van der Waals surface area contributed by atoms with Crippen molar-refractivity contribution in [1.29, 1.82) is 0 Å². The summed E-state index contributed by atoms with van der Waals surface area (Å²) in [5.41, 5.74) is 0.380. The normalized spacial score (nSPS) is 24.6. The Labute approximate surface area is 97.2 Å². The lowest BCUT2D eigenvalue weighted by molar-refractivity contribution is -0.139. The van der Waals surface area contributed by atoms with Crippen LogP contribution >= 0.6 is 11.6 Å². The topological polar surface area (TPSA) is 49.3 Å². The molecule has 1 aromatic rings. The van der Waals surface area contributed by atoms with Gasteiger partial charge in [0.05, 0.1) is 5.02 Å². The number of carboxylic acid groups (broad SMARTS) is 1. The molecule has 0 amide bonds. The van der Waals surface area contributed by atoms with Gasteiger partial charge in [0.1, 0.15) is 11.9 Å². The van der Waals surface area contributed by atoms with Crippen molar-refractivity contribution in [3.05, 3.63) is 34.6 Å². The van der Waals surface area contributed by atoms with Crippen molar-refractivity contribution >= 4 is 17.6 Å². The molecule has 16 heavy (non-hydrogen) atoms. The van der Waals surface area contributed by atoms with Crippen molar-refractivity contribution in [2.45, 2.75) is 18.4 Å². The number of benzene rings is 1. The standard InChI is InChI=1S/C11H11ClFNO2/c12-8-3-1-2-6(9(8)13)7-4-5-14-10(7)11(15)16/h1-3,7,10,14H,4-5H2,(H,15,16). The molecule has 1 heterocycles. The third-order valence-corrected chi connectivity index (χ3v) is 3.16. The molecule has 0 aliphatic carbocycles. The van der Waals surface area contributed by atoms with Gasteiger partial charge in [0, 0.05) is 5.92 Å². The first-order valence-electron chi connectivity index (χ1n) is 5.01. The second-order valence-electron chi connectivity index (χ2n) is 3.81. The maximum atomic E-state index is 13.7. The molecular formula is C11H11ClFNO2. The van der Waals surface area contributed by atoms with Gasteiger partial charge in [-0.25, -0.2) is 4.39 Å². The highest BCUT2D eigenvalue weighted by Gasteiger charge is 2.35. The Morgan fingerprint density at radius 1 is 1.56 bits per heavy atom. The molecule has 0 bridgehead atoms. The Bertz CT molecular complexity index is 424. The molecule has 86 valence electrons. The van der Waals surface area contributed by atoms with E-state index in [9.17, 15) is 9.18 Å². The lowest BCUT2D eigenvalue weighted by atomic mass is 9.91. The molecule has 2 N–H and O–H groups in total. The molecule has 0 spiro atoms. The lowest BCUT2D eigenvalue weighted by Gasteiger charge is -2.16. The summed E-state index contributed by atoms with van der Waals surface area (Å²) in [4.78, 5) is 11.0. The van der Waals surface area contributed by atoms with Gasteiger partial charge in [-0.15, -0.1) is 0 Å². The van der Waals surface area contributed by atoms with E-state index in [1.807, 2.05) is 0 Å². The van der Waals surface area contributed by atoms with Crippen LogP contribution in [0.25, 0.3) is 0 Å². The van der Waals surface area contributed by atoms with Gasteiger partial charge in [-0.2, -0.15) is 0 Å². The molecule has 3 nitrogen and oxygen atoms in total. The van der Waals surface area contributed by atoms with Crippen LogP contribution in [0, 0.1) is 5.82 Å². The van der Waals surface area contributed by atoms with Gasteiger partial charge in [-0.1, -0.05) is 23.7 Å². The molecule has 2 atom stereocenters. The van der Waals surface area contributed by atoms with Gasteiger partial charge < -0.3 is 10.4 Å². The van der Waals surface area contributed by atoms with Crippen LogP contribution < -0.4 is 5.32 Å². The van der Waals surface area contributed by atoms with Crippen molar-refractivity contribution in [3.63, 3.8) is 0 Å². The predicted molar refractivity (Wildman–Crippen MR) is 58.2 cm³/mol. The highest BCUT2D eigenvalue weighted by atomic mass is 35.5. The van der Waals surface area contributed by atoms with Crippen LogP contribution in [-0.2, 0) is 4.79 Å². The Morgan fingerprint density at radius 2 is 2.31 bits per heavy atom. The second kappa shape index (κ2) is 4.39. The van der Waals surface area contributed by atoms with Crippen molar-refractivity contribution < 1.29 is 14.3 Å². The van der Waals surface area contributed by atoms with Crippen LogP contribution in [0.4, 0.5) is 4.39 Å². The third kappa shape index (κ3) is 1.90. The molecule has 1 saturated heterocycles. The van der Waals surface area contributed by atoms with Gasteiger partial charge in [0.25, 0.3) is 0 Å². The summed E-state index contributed by atoms with van der Waals surface area (Å²) < 4.78 is 13.7. The summed E-state index contributed by atoms with van der Waals surface area (Å²) in [6, 6.07) is 3.96. The van der Waals surface area contributed by atoms with Crippen molar-refractivity contribution in [2.24, 2.45) is 0 Å². The number of nitrogens with one attached hydrogen (secondary N) is 1. The van der Waals surface area contributed by atoms with E-state index in [4.69, 9.17) is 16.7 Å². The summed E-state index contributed by atoms with van der Waals surface area (Å²) in [6.07, 6.45) is 0.605. The second-order valence-corrected chi connectivity index (χ2v) is 4.22. The minimum atomic E-state index is -0.957. The average molecular weight is 244 g/mol. The first-order valence-corrected chi connectivity index (χ1v) is 5.39. The summed E-state index contributed by atoms with van der Waals surface area (Å²) in [5.74, 6) is -1.82. The zero-order valence-corrected chi connectivity index (χ0v) is 9.17. The first kappa shape index (κ1) is 11.4. The number of aliphatic carboxylic acids is 1. The smallest absolute Gasteiger partial charge is 0.321 e. The zero-order chi connectivity index (χ0) is 11.7. The maximum absolute atomic E-state index is 13.7. The van der Waals surface area contributed by atoms with E-state index in [1.54, 1.807) is 12.1 Å². The number of hydrogen-bond donors (Lipinski definition) is 2. The van der Waals surface area contributed by atoms with Crippen LogP contribution in [0.15, 0.2) is 18.2 Å². The summed E-state index contributed by atoms with van der Waals surface area (Å²) in [7, 11) is 0. The van der Waals surface area contributed by atoms with Crippen molar-refractivity contribution in [3.8, 4) is 0 Å². The molecule has 0 radical (unpaired) electrons. The summed E-state index contributed by atoms with van der Waals surface area (Å²) in [5, 5.41) is 11.9. The fourth-order valence-corrected chi connectivity index (χ4v) is 2.29. The highest BCUT2D eigenvalue weighted by Crippen LogP contribution is 2.32. The van der Waals surface area contributed by atoms with Crippen molar-refractivity contribution in [2.75, 3.05) is 6.54 Å². The third-order valence-electron chi connectivity index (χ3n) is 2.87. The van der Waals surface area contributed by atoms with Gasteiger partial charge in [0.15, 0.2) is 0 Å². The van der Waals surface area contributed by atoms with Crippen LogP contribution in [0.5, 0.6) is 0 Å². The molecule has 1 fully saturated rings. The molecule has 2 rings (SSSR count). The highest BCUT2D eigenvalue weighted by molar-refractivity contribution is 6.30. The number of carboxylic acids is 1. The summed E-state index contributed by atoms with van der Waals surface area (Å²) in [6.45, 7) is 0.577. The van der Waals surface area contributed by atoms with E-state index in [1.165, 1.54) is 6.07 Å². The van der Waals surface area contributed by atoms with Gasteiger partial charge in [-0.05, 0) is 24.6 Å². The molecule has 2 unspecified atom stereocenters. The van der Waals surface area contributed by atoms with Crippen LogP contribution in [-0.4, -0.2) is 23.7 Å². The van der Waals surface area contributed by atoms with E-state index in [2.05, 4.69) is 5.32 Å². The molecule has 1 aromatic carbocycles.